The number of benzene rings is 1. The Bertz CT molecular complexity index is 926. The van der Waals surface area contributed by atoms with Gasteiger partial charge in [0.25, 0.3) is 0 Å². The van der Waals surface area contributed by atoms with Crippen LogP contribution in [0.15, 0.2) is 30.5 Å². The zero-order valence-electron chi connectivity index (χ0n) is 15.5. The van der Waals surface area contributed by atoms with Gasteiger partial charge in [-0.3, -0.25) is 4.90 Å². The van der Waals surface area contributed by atoms with Crippen molar-refractivity contribution in [2.24, 2.45) is 5.41 Å². The summed E-state index contributed by atoms with van der Waals surface area (Å²) in [6, 6.07) is 7.14. The molecule has 0 saturated carbocycles. The molecule has 2 saturated heterocycles. The van der Waals surface area contributed by atoms with E-state index in [0.717, 1.165) is 31.9 Å². The van der Waals surface area contributed by atoms with Crippen LogP contribution in [0.1, 0.15) is 0 Å². The van der Waals surface area contributed by atoms with Gasteiger partial charge >= 0.3 is 6.03 Å². The summed E-state index contributed by atoms with van der Waals surface area (Å²) in [5.74, 6) is 1.89. The predicted octanol–water partition coefficient (Wildman–Crippen LogP) is 2.28. The third kappa shape index (κ3) is 2.79. The second-order valence-corrected chi connectivity index (χ2v) is 7.94. The molecule has 3 aliphatic rings. The maximum Gasteiger partial charge on any atom is 0.324 e. The summed E-state index contributed by atoms with van der Waals surface area (Å²) in [4.78, 5) is 27.5. The summed E-state index contributed by atoms with van der Waals surface area (Å²) in [6.07, 6.45) is 1.70. The van der Waals surface area contributed by atoms with Gasteiger partial charge in [-0.05, 0) is 12.1 Å². The van der Waals surface area contributed by atoms with Crippen LogP contribution in [0.5, 0.6) is 11.6 Å². The summed E-state index contributed by atoms with van der Waals surface area (Å²) in [6.45, 7) is 4.19. The maximum atomic E-state index is 13.0. The Balaban J connectivity index is 1.22. The number of fused-ring (bicyclic) bond motifs is 1. The average Bonchev–Trinajstić information content (AvgIpc) is 2.65. The van der Waals surface area contributed by atoms with E-state index in [2.05, 4.69) is 14.9 Å². The van der Waals surface area contributed by atoms with E-state index >= 15 is 0 Å². The van der Waals surface area contributed by atoms with Crippen molar-refractivity contribution in [2.45, 2.75) is 0 Å². The molecule has 2 amide bonds. The third-order valence-corrected chi connectivity index (χ3v) is 5.74. The Kier molecular flexibility index (Phi) is 3.97. The normalized spacial score (nSPS) is 19.4. The number of ether oxygens (including phenoxy) is 2. The lowest BCUT2D eigenvalue weighted by Gasteiger charge is -2.60. The number of hydrogen-bond donors (Lipinski definition) is 0. The lowest BCUT2D eigenvalue weighted by atomic mass is 9.73. The molecule has 4 heterocycles. The van der Waals surface area contributed by atoms with Gasteiger partial charge in [0.15, 0.2) is 0 Å². The number of amides is 2. The number of halogens is 1. The zero-order chi connectivity index (χ0) is 19.3. The summed E-state index contributed by atoms with van der Waals surface area (Å²) < 4.78 is 10.8. The lowest BCUT2D eigenvalue weighted by molar-refractivity contribution is 0.00880. The van der Waals surface area contributed by atoms with Crippen LogP contribution < -0.4 is 19.3 Å². The summed E-state index contributed by atoms with van der Waals surface area (Å²) >= 11 is 6.04. The van der Waals surface area contributed by atoms with E-state index in [4.69, 9.17) is 21.1 Å². The number of nitrogens with zero attached hydrogens (tertiary/aromatic N) is 5. The minimum Gasteiger partial charge on any atom is -0.489 e. The number of likely N-dealkylation sites (tertiary alicyclic amines) is 1. The molecule has 2 fully saturated rings. The van der Waals surface area contributed by atoms with Crippen molar-refractivity contribution in [1.29, 1.82) is 0 Å². The van der Waals surface area contributed by atoms with Gasteiger partial charge in [-0.1, -0.05) is 11.6 Å². The van der Waals surface area contributed by atoms with Crippen LogP contribution in [0.25, 0.3) is 0 Å². The van der Waals surface area contributed by atoms with Crippen LogP contribution in [0, 0.1) is 5.41 Å². The highest BCUT2D eigenvalue weighted by Gasteiger charge is 2.54. The maximum absolute atomic E-state index is 13.0. The zero-order valence-corrected chi connectivity index (χ0v) is 16.2. The Morgan fingerprint density at radius 2 is 2.07 bits per heavy atom. The van der Waals surface area contributed by atoms with E-state index in [1.165, 1.54) is 0 Å². The molecule has 1 aromatic heterocycles. The van der Waals surface area contributed by atoms with Gasteiger partial charge < -0.3 is 19.3 Å². The fourth-order valence-electron chi connectivity index (χ4n) is 4.17. The predicted molar refractivity (Wildman–Crippen MR) is 104 cm³/mol. The Hall–Kier alpha value is -2.74. The van der Waals surface area contributed by atoms with E-state index in [9.17, 15) is 4.79 Å². The average molecular weight is 402 g/mol. The highest BCUT2D eigenvalue weighted by atomic mass is 35.5. The summed E-state index contributed by atoms with van der Waals surface area (Å²) in [7, 11) is 1.59. The SMILES string of the molecule is COc1ccnc(N2CC3(CN(C(=O)N4CCOc5cc(Cl)ccc54)C3)C2)n1. The van der Waals surface area contributed by atoms with Crippen LogP contribution in [0.2, 0.25) is 5.02 Å². The molecule has 0 N–H and O–H groups in total. The van der Waals surface area contributed by atoms with E-state index in [1.54, 1.807) is 36.4 Å². The molecule has 9 heteroatoms. The standard InChI is InChI=1S/C19H20ClN5O3/c1-27-16-4-5-21-17(22-16)23-9-19(10-23)11-24(12-19)18(26)25-6-7-28-15-8-13(20)2-3-14(15)25/h2-5,8H,6-7,9-12H2,1H3. The number of anilines is 2. The number of rotatable bonds is 2. The first-order valence-electron chi connectivity index (χ1n) is 9.18. The Morgan fingerprint density at radius 1 is 1.25 bits per heavy atom. The fraction of sp³-hybridized carbons (Fsp3) is 0.421. The van der Waals surface area contributed by atoms with Crippen LogP contribution in [-0.4, -0.2) is 67.3 Å². The molecule has 5 rings (SSSR count). The number of aromatic nitrogens is 2. The first-order chi connectivity index (χ1) is 13.6. The van der Waals surface area contributed by atoms with Crippen molar-refractivity contribution < 1.29 is 14.3 Å². The molecule has 0 radical (unpaired) electrons. The molecule has 8 nitrogen and oxygen atoms in total. The molecular weight excluding hydrogens is 382 g/mol. The molecule has 146 valence electrons. The molecule has 1 aromatic carbocycles. The Labute approximate surface area is 167 Å². The monoisotopic (exact) mass is 401 g/mol. The van der Waals surface area contributed by atoms with Gasteiger partial charge in [-0.2, -0.15) is 4.98 Å². The quantitative estimate of drug-likeness (QED) is 0.768. The van der Waals surface area contributed by atoms with Crippen LogP contribution in [0.3, 0.4) is 0 Å². The molecule has 0 unspecified atom stereocenters. The van der Waals surface area contributed by atoms with Gasteiger partial charge in [-0.25, -0.2) is 9.78 Å². The van der Waals surface area contributed by atoms with E-state index in [1.807, 2.05) is 11.0 Å². The second kappa shape index (κ2) is 6.41. The first-order valence-corrected chi connectivity index (χ1v) is 9.56. The molecule has 0 atom stereocenters. The highest BCUT2D eigenvalue weighted by molar-refractivity contribution is 6.30. The first kappa shape index (κ1) is 17.4. The molecule has 3 aliphatic heterocycles. The molecule has 0 aliphatic carbocycles. The topological polar surface area (TPSA) is 71.0 Å². The smallest absolute Gasteiger partial charge is 0.324 e. The molecule has 2 aromatic rings. The lowest BCUT2D eigenvalue weighted by Crippen LogP contribution is -2.74. The largest absolute Gasteiger partial charge is 0.489 e. The van der Waals surface area contributed by atoms with Gasteiger partial charge in [0.1, 0.15) is 12.4 Å². The highest BCUT2D eigenvalue weighted by Crippen LogP contribution is 2.42. The number of urea groups is 1. The molecular formula is C19H20ClN5O3. The Morgan fingerprint density at radius 3 is 2.86 bits per heavy atom. The van der Waals surface area contributed by atoms with E-state index < -0.39 is 0 Å². The van der Waals surface area contributed by atoms with Gasteiger partial charge in [-0.15, -0.1) is 0 Å². The number of carbonyl (C=O) groups excluding carboxylic acids is 1. The van der Waals surface area contributed by atoms with Crippen molar-refractivity contribution in [3.8, 4) is 11.6 Å². The molecule has 0 bridgehead atoms. The third-order valence-electron chi connectivity index (χ3n) is 5.50. The van der Waals surface area contributed by atoms with E-state index in [0.29, 0.717) is 35.8 Å². The van der Waals surface area contributed by atoms with Gasteiger partial charge in [0, 0.05) is 54.9 Å². The summed E-state index contributed by atoms with van der Waals surface area (Å²) in [5, 5.41) is 0.602. The second-order valence-electron chi connectivity index (χ2n) is 7.51. The minimum absolute atomic E-state index is 0.0218. The van der Waals surface area contributed by atoms with Crippen molar-refractivity contribution in [1.82, 2.24) is 14.9 Å². The van der Waals surface area contributed by atoms with Crippen LogP contribution in [0.4, 0.5) is 16.4 Å². The molecule has 1 spiro atoms. The van der Waals surface area contributed by atoms with Crippen molar-refractivity contribution in [2.75, 3.05) is 56.2 Å². The van der Waals surface area contributed by atoms with Crippen LogP contribution >= 0.6 is 11.6 Å². The fourth-order valence-corrected chi connectivity index (χ4v) is 4.33. The van der Waals surface area contributed by atoms with E-state index in [-0.39, 0.29) is 11.4 Å². The molecule has 28 heavy (non-hydrogen) atoms. The van der Waals surface area contributed by atoms with Gasteiger partial charge in [0.05, 0.1) is 19.3 Å². The minimum atomic E-state index is 0.0218. The van der Waals surface area contributed by atoms with Crippen molar-refractivity contribution in [3.05, 3.63) is 35.5 Å². The summed E-state index contributed by atoms with van der Waals surface area (Å²) in [5.41, 5.74) is 0.915. The van der Waals surface area contributed by atoms with Crippen LogP contribution in [-0.2, 0) is 0 Å². The van der Waals surface area contributed by atoms with Crippen molar-refractivity contribution in [3.63, 3.8) is 0 Å². The number of methoxy groups -OCH3 is 1. The number of hydrogen-bond acceptors (Lipinski definition) is 6. The van der Waals surface area contributed by atoms with Crippen molar-refractivity contribution >= 4 is 29.3 Å². The van der Waals surface area contributed by atoms with Gasteiger partial charge in [0.2, 0.25) is 11.8 Å². The number of carbonyl (C=O) groups is 1.